The predicted molar refractivity (Wildman–Crippen MR) is 84.4 cm³/mol. The zero-order valence-corrected chi connectivity index (χ0v) is 12.4. The number of methoxy groups -OCH3 is 1. The van der Waals surface area contributed by atoms with Crippen LogP contribution in [-0.4, -0.2) is 30.5 Å². The molecule has 0 aromatic heterocycles. The zero-order valence-electron chi connectivity index (χ0n) is 12.4. The molecule has 2 aromatic rings. The van der Waals surface area contributed by atoms with Gasteiger partial charge in [-0.05, 0) is 30.0 Å². The highest BCUT2D eigenvalue weighted by atomic mass is 16.5. The van der Waals surface area contributed by atoms with Crippen LogP contribution in [0, 0.1) is 0 Å². The smallest absolute Gasteiger partial charge is 0.328 e. The van der Waals surface area contributed by atoms with Crippen molar-refractivity contribution in [2.24, 2.45) is 0 Å². The first-order valence-corrected chi connectivity index (χ1v) is 7.06. The number of rotatable bonds is 3. The fourth-order valence-electron chi connectivity index (χ4n) is 2.61. The van der Waals surface area contributed by atoms with Gasteiger partial charge in [-0.25, -0.2) is 4.79 Å². The zero-order chi connectivity index (χ0) is 15.7. The maximum atomic E-state index is 12.2. The molecule has 2 aromatic carbocycles. The van der Waals surface area contributed by atoms with Crippen molar-refractivity contribution in [3.8, 4) is 5.75 Å². The molecule has 5 nitrogen and oxygen atoms in total. The van der Waals surface area contributed by atoms with Crippen LogP contribution in [0.25, 0.3) is 16.8 Å². The van der Waals surface area contributed by atoms with Crippen molar-refractivity contribution >= 4 is 28.8 Å². The third kappa shape index (κ3) is 2.20. The van der Waals surface area contributed by atoms with Crippen molar-refractivity contribution in [3.05, 3.63) is 47.7 Å². The van der Waals surface area contributed by atoms with E-state index < -0.39 is 0 Å². The van der Waals surface area contributed by atoms with Crippen LogP contribution in [-0.2, 0) is 4.79 Å². The minimum absolute atomic E-state index is 0.294. The molecule has 5 heteroatoms. The number of carbonyl (C=O) groups excluding carboxylic acids is 2. The Bertz CT molecular complexity index is 796. The molecule has 3 amide bonds. The summed E-state index contributed by atoms with van der Waals surface area (Å²) in [6.07, 6.45) is 1.71. The molecule has 1 heterocycles. The Morgan fingerprint density at radius 2 is 1.86 bits per heavy atom. The summed E-state index contributed by atoms with van der Waals surface area (Å²) >= 11 is 0. The first kappa shape index (κ1) is 14.1. The van der Waals surface area contributed by atoms with Gasteiger partial charge in [0.25, 0.3) is 5.91 Å². The first-order valence-electron chi connectivity index (χ1n) is 7.06. The molecule has 0 saturated carbocycles. The summed E-state index contributed by atoms with van der Waals surface area (Å²) in [5.74, 6) is 0.474. The highest BCUT2D eigenvalue weighted by Crippen LogP contribution is 2.29. The van der Waals surface area contributed by atoms with Crippen molar-refractivity contribution in [2.45, 2.75) is 6.92 Å². The van der Waals surface area contributed by atoms with Crippen LogP contribution < -0.4 is 10.1 Å². The molecule has 3 rings (SSSR count). The number of hydrogen-bond donors (Lipinski definition) is 1. The second kappa shape index (κ2) is 5.52. The SMILES string of the molecule is CCN1C(=O)N/C(=C/c2ccc(OC)c3ccccc23)C1=O. The Morgan fingerprint density at radius 3 is 2.50 bits per heavy atom. The summed E-state index contributed by atoms with van der Waals surface area (Å²) in [5.41, 5.74) is 1.15. The Balaban J connectivity index is 2.11. The monoisotopic (exact) mass is 296 g/mol. The van der Waals surface area contributed by atoms with Gasteiger partial charge in [0, 0.05) is 11.9 Å². The molecule has 1 fully saturated rings. The fraction of sp³-hybridized carbons (Fsp3) is 0.176. The lowest BCUT2D eigenvalue weighted by molar-refractivity contribution is -0.122. The van der Waals surface area contributed by atoms with Crippen molar-refractivity contribution in [3.63, 3.8) is 0 Å². The van der Waals surface area contributed by atoms with Gasteiger partial charge in [0.05, 0.1) is 7.11 Å². The van der Waals surface area contributed by atoms with E-state index >= 15 is 0 Å². The molecule has 0 bridgehead atoms. The summed E-state index contributed by atoms with van der Waals surface area (Å²) < 4.78 is 5.36. The standard InChI is InChI=1S/C17H16N2O3/c1-3-19-16(20)14(18-17(19)21)10-11-8-9-15(22-2)13-7-5-4-6-12(11)13/h4-10H,3H2,1-2H3,(H,18,21)/b14-10+. The molecular weight excluding hydrogens is 280 g/mol. The molecule has 1 aliphatic rings. The normalized spacial score (nSPS) is 16.5. The van der Waals surface area contributed by atoms with Crippen LogP contribution in [0.3, 0.4) is 0 Å². The molecule has 0 atom stereocenters. The molecule has 22 heavy (non-hydrogen) atoms. The van der Waals surface area contributed by atoms with Gasteiger partial charge in [-0.1, -0.05) is 30.3 Å². The number of urea groups is 1. The quantitative estimate of drug-likeness (QED) is 0.700. The molecule has 0 radical (unpaired) electrons. The van der Waals surface area contributed by atoms with E-state index in [9.17, 15) is 9.59 Å². The number of nitrogens with one attached hydrogen (secondary N) is 1. The van der Waals surface area contributed by atoms with Crippen LogP contribution in [0.15, 0.2) is 42.1 Å². The number of nitrogens with zero attached hydrogens (tertiary/aromatic N) is 1. The highest BCUT2D eigenvalue weighted by Gasteiger charge is 2.32. The van der Waals surface area contributed by atoms with Gasteiger partial charge in [0.15, 0.2) is 0 Å². The van der Waals surface area contributed by atoms with E-state index in [0.717, 1.165) is 22.1 Å². The first-order chi connectivity index (χ1) is 10.7. The topological polar surface area (TPSA) is 58.6 Å². The number of amides is 3. The summed E-state index contributed by atoms with van der Waals surface area (Å²) in [4.78, 5) is 25.1. The average Bonchev–Trinajstić information content (AvgIpc) is 2.81. The van der Waals surface area contributed by atoms with Gasteiger partial charge < -0.3 is 10.1 Å². The van der Waals surface area contributed by atoms with Gasteiger partial charge in [-0.3, -0.25) is 9.69 Å². The number of carbonyl (C=O) groups is 2. The number of fused-ring (bicyclic) bond motifs is 1. The van der Waals surface area contributed by atoms with Crippen LogP contribution in [0.4, 0.5) is 4.79 Å². The molecule has 1 aliphatic heterocycles. The molecule has 1 N–H and O–H groups in total. The van der Waals surface area contributed by atoms with E-state index in [2.05, 4.69) is 5.32 Å². The average molecular weight is 296 g/mol. The molecule has 0 aliphatic carbocycles. The molecule has 112 valence electrons. The molecular formula is C17H16N2O3. The third-order valence-electron chi connectivity index (χ3n) is 3.72. The number of benzene rings is 2. The molecule has 1 saturated heterocycles. The maximum absolute atomic E-state index is 12.2. The summed E-state index contributed by atoms with van der Waals surface area (Å²) in [7, 11) is 1.62. The van der Waals surface area contributed by atoms with E-state index in [0.29, 0.717) is 12.2 Å². The molecule has 0 spiro atoms. The number of likely N-dealkylation sites (N-methyl/N-ethyl adjacent to an activating group) is 1. The Hall–Kier alpha value is -2.82. The van der Waals surface area contributed by atoms with Crippen molar-refractivity contribution in [1.29, 1.82) is 0 Å². The third-order valence-corrected chi connectivity index (χ3v) is 3.72. The van der Waals surface area contributed by atoms with Crippen LogP contribution in [0.1, 0.15) is 12.5 Å². The lowest BCUT2D eigenvalue weighted by Crippen LogP contribution is -2.30. The maximum Gasteiger partial charge on any atom is 0.328 e. The number of hydrogen-bond acceptors (Lipinski definition) is 3. The van der Waals surface area contributed by atoms with Crippen molar-refractivity contribution in [2.75, 3.05) is 13.7 Å². The van der Waals surface area contributed by atoms with Gasteiger partial charge in [-0.15, -0.1) is 0 Å². The van der Waals surface area contributed by atoms with Crippen LogP contribution >= 0.6 is 0 Å². The van der Waals surface area contributed by atoms with E-state index in [1.54, 1.807) is 20.1 Å². The Kier molecular flexibility index (Phi) is 3.55. The lowest BCUT2D eigenvalue weighted by Gasteiger charge is -2.08. The minimum atomic E-state index is -0.378. The van der Waals surface area contributed by atoms with Crippen molar-refractivity contribution < 1.29 is 14.3 Å². The van der Waals surface area contributed by atoms with Gasteiger partial charge in [0.2, 0.25) is 0 Å². The largest absolute Gasteiger partial charge is 0.496 e. The summed E-state index contributed by atoms with van der Waals surface area (Å²) in [6, 6.07) is 11.1. The minimum Gasteiger partial charge on any atom is -0.496 e. The van der Waals surface area contributed by atoms with Crippen LogP contribution in [0.5, 0.6) is 5.75 Å². The molecule has 0 unspecified atom stereocenters. The Labute approximate surface area is 128 Å². The van der Waals surface area contributed by atoms with E-state index in [4.69, 9.17) is 4.74 Å². The van der Waals surface area contributed by atoms with E-state index in [-0.39, 0.29) is 11.9 Å². The predicted octanol–water partition coefficient (Wildman–Crippen LogP) is 2.76. The van der Waals surface area contributed by atoms with Crippen molar-refractivity contribution in [1.82, 2.24) is 10.2 Å². The highest BCUT2D eigenvalue weighted by molar-refractivity contribution is 6.14. The fourth-order valence-corrected chi connectivity index (χ4v) is 2.61. The lowest BCUT2D eigenvalue weighted by atomic mass is 10.0. The second-order valence-corrected chi connectivity index (χ2v) is 4.94. The van der Waals surface area contributed by atoms with Gasteiger partial charge >= 0.3 is 6.03 Å². The van der Waals surface area contributed by atoms with Gasteiger partial charge in [-0.2, -0.15) is 0 Å². The second-order valence-electron chi connectivity index (χ2n) is 4.94. The Morgan fingerprint density at radius 1 is 1.14 bits per heavy atom. The van der Waals surface area contributed by atoms with E-state index in [1.165, 1.54) is 4.90 Å². The number of ether oxygens (including phenoxy) is 1. The van der Waals surface area contributed by atoms with Crippen LogP contribution in [0.2, 0.25) is 0 Å². The number of imide groups is 1. The summed E-state index contributed by atoms with van der Waals surface area (Å²) in [5, 5.41) is 4.54. The van der Waals surface area contributed by atoms with Gasteiger partial charge in [0.1, 0.15) is 11.4 Å². The van der Waals surface area contributed by atoms with E-state index in [1.807, 2.05) is 36.4 Å². The summed E-state index contributed by atoms with van der Waals surface area (Å²) in [6.45, 7) is 2.12.